The molecule has 0 atom stereocenters. The Morgan fingerprint density at radius 3 is 2.35 bits per heavy atom. The topological polar surface area (TPSA) is 42.0 Å². The van der Waals surface area contributed by atoms with Crippen LogP contribution in [0.25, 0.3) is 0 Å². The molecule has 0 aliphatic heterocycles. The molecule has 0 bridgehead atoms. The third-order valence-corrected chi connectivity index (χ3v) is 3.65. The van der Waals surface area contributed by atoms with Crippen molar-refractivity contribution in [1.29, 1.82) is 0 Å². The molecule has 104 valence electrons. The van der Waals surface area contributed by atoms with E-state index in [9.17, 15) is 4.79 Å². The zero-order chi connectivity index (χ0) is 14.7. The summed E-state index contributed by atoms with van der Waals surface area (Å²) in [7, 11) is 0. The number of rotatable bonds is 3. The van der Waals surface area contributed by atoms with Crippen molar-refractivity contribution in [2.75, 3.05) is 0 Å². The Balaban J connectivity index is 2.13. The molecular weight excluding hydrogens is 342 g/mol. The molecule has 2 aromatic rings. The predicted molar refractivity (Wildman–Crippen MR) is 81.9 cm³/mol. The molecule has 20 heavy (non-hydrogen) atoms. The summed E-state index contributed by atoms with van der Waals surface area (Å²) in [6.45, 7) is 0.149. The number of aromatic nitrogens is 1. The van der Waals surface area contributed by atoms with Crippen LogP contribution in [-0.2, 0) is 6.54 Å². The van der Waals surface area contributed by atoms with E-state index in [4.69, 9.17) is 46.4 Å². The second-order valence-corrected chi connectivity index (χ2v) is 5.52. The number of nitrogens with zero attached hydrogens (tertiary/aromatic N) is 1. The lowest BCUT2D eigenvalue weighted by Crippen LogP contribution is -2.24. The summed E-state index contributed by atoms with van der Waals surface area (Å²) in [5.41, 5.74) is 0.730. The molecule has 0 aliphatic carbocycles. The van der Waals surface area contributed by atoms with Crippen LogP contribution in [0.3, 0.4) is 0 Å². The maximum Gasteiger partial charge on any atom is 0.254 e. The SMILES string of the molecule is O=C(NCc1ncc(Cl)cc1Cl)c1c(Cl)cccc1Cl. The van der Waals surface area contributed by atoms with Gasteiger partial charge in [0.25, 0.3) is 5.91 Å². The summed E-state index contributed by atoms with van der Waals surface area (Å²) >= 11 is 23.6. The largest absolute Gasteiger partial charge is 0.346 e. The second kappa shape index (κ2) is 6.64. The van der Waals surface area contributed by atoms with Crippen LogP contribution in [-0.4, -0.2) is 10.9 Å². The van der Waals surface area contributed by atoms with E-state index in [1.807, 2.05) is 0 Å². The van der Waals surface area contributed by atoms with Gasteiger partial charge in [-0.05, 0) is 18.2 Å². The first-order valence-corrected chi connectivity index (χ1v) is 7.02. The normalized spacial score (nSPS) is 10.4. The minimum Gasteiger partial charge on any atom is -0.346 e. The number of carbonyl (C=O) groups is 1. The first kappa shape index (κ1) is 15.4. The molecule has 0 aliphatic rings. The quantitative estimate of drug-likeness (QED) is 0.878. The highest BCUT2D eigenvalue weighted by Crippen LogP contribution is 2.24. The van der Waals surface area contributed by atoms with Gasteiger partial charge in [0, 0.05) is 6.20 Å². The highest BCUT2D eigenvalue weighted by atomic mass is 35.5. The van der Waals surface area contributed by atoms with Gasteiger partial charge in [0.1, 0.15) is 0 Å². The van der Waals surface area contributed by atoms with Crippen LogP contribution in [0.15, 0.2) is 30.5 Å². The molecular formula is C13H8Cl4N2O. The number of hydrogen-bond acceptors (Lipinski definition) is 2. The molecule has 1 N–H and O–H groups in total. The summed E-state index contributed by atoms with van der Waals surface area (Å²) in [6, 6.07) is 6.41. The molecule has 7 heteroatoms. The van der Waals surface area contributed by atoms with Crippen molar-refractivity contribution in [2.24, 2.45) is 0 Å². The van der Waals surface area contributed by atoms with Gasteiger partial charge in [-0.25, -0.2) is 0 Å². The fourth-order valence-electron chi connectivity index (χ4n) is 1.54. The zero-order valence-electron chi connectivity index (χ0n) is 9.96. The minimum absolute atomic E-state index is 0.149. The third-order valence-electron chi connectivity index (χ3n) is 2.49. The summed E-state index contributed by atoms with van der Waals surface area (Å²) < 4.78 is 0. The standard InChI is InChI=1S/C13H8Cl4N2O/c14-7-4-10(17)11(18-5-7)6-19-13(20)12-8(15)2-1-3-9(12)16/h1-5H,6H2,(H,19,20). The number of carbonyl (C=O) groups excluding carboxylic acids is 1. The summed E-state index contributed by atoms with van der Waals surface area (Å²) in [5, 5.41) is 4.03. The molecule has 1 aromatic carbocycles. The van der Waals surface area contributed by atoms with Gasteiger partial charge in [-0.1, -0.05) is 52.5 Å². The number of benzene rings is 1. The van der Waals surface area contributed by atoms with Gasteiger partial charge in [-0.3, -0.25) is 9.78 Å². The van der Waals surface area contributed by atoms with E-state index in [2.05, 4.69) is 10.3 Å². The lowest BCUT2D eigenvalue weighted by molar-refractivity contribution is 0.0951. The summed E-state index contributed by atoms with van der Waals surface area (Å²) in [4.78, 5) is 16.1. The van der Waals surface area contributed by atoms with E-state index in [-0.39, 0.29) is 22.2 Å². The van der Waals surface area contributed by atoms with Gasteiger partial charge in [-0.2, -0.15) is 0 Å². The molecule has 1 amide bonds. The highest BCUT2D eigenvalue weighted by Gasteiger charge is 2.14. The molecule has 0 fully saturated rings. The predicted octanol–water partition coefficient (Wildman–Crippen LogP) is 4.63. The van der Waals surface area contributed by atoms with Gasteiger partial charge in [0.15, 0.2) is 0 Å². The van der Waals surface area contributed by atoms with Gasteiger partial charge in [0.2, 0.25) is 0 Å². The molecule has 3 nitrogen and oxygen atoms in total. The molecule has 0 saturated carbocycles. The molecule has 2 rings (SSSR count). The van der Waals surface area contributed by atoms with Crippen LogP contribution in [0.2, 0.25) is 20.1 Å². The minimum atomic E-state index is -0.395. The van der Waals surface area contributed by atoms with Crippen LogP contribution in [0.5, 0.6) is 0 Å². The summed E-state index contributed by atoms with van der Waals surface area (Å²) in [5.74, 6) is -0.395. The van der Waals surface area contributed by atoms with Crippen molar-refractivity contribution in [3.05, 3.63) is 61.8 Å². The Morgan fingerprint density at radius 1 is 1.10 bits per heavy atom. The van der Waals surface area contributed by atoms with Gasteiger partial charge < -0.3 is 5.32 Å². The van der Waals surface area contributed by atoms with E-state index in [1.54, 1.807) is 24.3 Å². The zero-order valence-corrected chi connectivity index (χ0v) is 13.0. The van der Waals surface area contributed by atoms with E-state index < -0.39 is 5.91 Å². The van der Waals surface area contributed by atoms with E-state index in [0.29, 0.717) is 15.7 Å². The molecule has 0 spiro atoms. The smallest absolute Gasteiger partial charge is 0.254 e. The Kier molecular flexibility index (Phi) is 5.11. The van der Waals surface area contributed by atoms with Crippen LogP contribution in [0.4, 0.5) is 0 Å². The van der Waals surface area contributed by atoms with Crippen LogP contribution >= 0.6 is 46.4 Å². The lowest BCUT2D eigenvalue weighted by Gasteiger charge is -2.09. The highest BCUT2D eigenvalue weighted by molar-refractivity contribution is 6.39. The Bertz CT molecular complexity index is 641. The van der Waals surface area contributed by atoms with Crippen molar-refractivity contribution >= 4 is 52.3 Å². The third kappa shape index (κ3) is 3.55. The van der Waals surface area contributed by atoms with Crippen molar-refractivity contribution in [2.45, 2.75) is 6.54 Å². The van der Waals surface area contributed by atoms with E-state index in [1.165, 1.54) is 6.20 Å². The number of nitrogens with one attached hydrogen (secondary N) is 1. The van der Waals surface area contributed by atoms with Crippen LogP contribution in [0, 0.1) is 0 Å². The molecule has 1 aromatic heterocycles. The van der Waals surface area contributed by atoms with Crippen LogP contribution in [0.1, 0.15) is 16.1 Å². The number of hydrogen-bond donors (Lipinski definition) is 1. The Morgan fingerprint density at radius 2 is 1.75 bits per heavy atom. The first-order chi connectivity index (χ1) is 9.49. The summed E-state index contributed by atoms with van der Waals surface area (Å²) in [6.07, 6.45) is 1.46. The van der Waals surface area contributed by atoms with Crippen molar-refractivity contribution in [3.63, 3.8) is 0 Å². The first-order valence-electron chi connectivity index (χ1n) is 5.51. The Labute approximate surface area is 135 Å². The average Bonchev–Trinajstić information content (AvgIpc) is 2.37. The van der Waals surface area contributed by atoms with E-state index >= 15 is 0 Å². The number of amides is 1. The Hall–Kier alpha value is -1.00. The average molecular weight is 350 g/mol. The van der Waals surface area contributed by atoms with Gasteiger partial charge >= 0.3 is 0 Å². The molecule has 0 radical (unpaired) electrons. The maximum absolute atomic E-state index is 12.1. The monoisotopic (exact) mass is 348 g/mol. The molecule has 1 heterocycles. The lowest BCUT2D eigenvalue weighted by atomic mass is 10.2. The molecule has 0 saturated heterocycles. The number of halogens is 4. The van der Waals surface area contributed by atoms with Crippen molar-refractivity contribution < 1.29 is 4.79 Å². The molecule has 0 unspecified atom stereocenters. The van der Waals surface area contributed by atoms with Crippen LogP contribution < -0.4 is 5.32 Å². The van der Waals surface area contributed by atoms with Crippen molar-refractivity contribution in [3.8, 4) is 0 Å². The van der Waals surface area contributed by atoms with E-state index in [0.717, 1.165) is 0 Å². The maximum atomic E-state index is 12.1. The van der Waals surface area contributed by atoms with Gasteiger partial charge in [0.05, 0.1) is 37.9 Å². The number of pyridine rings is 1. The van der Waals surface area contributed by atoms with Crippen molar-refractivity contribution in [1.82, 2.24) is 10.3 Å². The second-order valence-electron chi connectivity index (χ2n) is 3.86. The fourth-order valence-corrected chi connectivity index (χ4v) is 2.56. The fraction of sp³-hybridized carbons (Fsp3) is 0.0769. The van der Waals surface area contributed by atoms with Gasteiger partial charge in [-0.15, -0.1) is 0 Å².